The predicted octanol–water partition coefficient (Wildman–Crippen LogP) is 8.00. The molecular formula is C28H38O6. The Morgan fingerprint density at radius 1 is 0.706 bits per heavy atom. The monoisotopic (exact) mass is 470 g/mol. The number of hydrogen-bond donors (Lipinski definition) is 0. The van der Waals surface area contributed by atoms with E-state index in [9.17, 15) is 9.59 Å². The number of carbonyl (C=O) groups excluding carboxylic acids is 2. The van der Waals surface area contributed by atoms with Crippen molar-refractivity contribution in [1.29, 1.82) is 0 Å². The van der Waals surface area contributed by atoms with Crippen LogP contribution in [-0.4, -0.2) is 23.5 Å². The van der Waals surface area contributed by atoms with E-state index >= 15 is 0 Å². The average molecular weight is 471 g/mol. The van der Waals surface area contributed by atoms with Gasteiger partial charge in [0, 0.05) is 0 Å². The zero-order chi connectivity index (χ0) is 25.5. The van der Waals surface area contributed by atoms with Gasteiger partial charge < -0.3 is 18.9 Å². The molecule has 2 aromatic rings. The Morgan fingerprint density at radius 2 is 1.09 bits per heavy atom. The van der Waals surface area contributed by atoms with Crippen molar-refractivity contribution in [2.24, 2.45) is 0 Å². The van der Waals surface area contributed by atoms with E-state index in [0.29, 0.717) is 23.3 Å². The van der Waals surface area contributed by atoms with Crippen LogP contribution in [0.2, 0.25) is 0 Å². The maximum Gasteiger partial charge on any atom is 0.514 e. The highest BCUT2D eigenvalue weighted by atomic mass is 16.7. The number of benzene rings is 2. The highest BCUT2D eigenvalue weighted by Gasteiger charge is 2.20. The molecule has 6 nitrogen and oxygen atoms in total. The molecule has 0 N–H and O–H groups in total. The van der Waals surface area contributed by atoms with Crippen LogP contribution in [0.25, 0.3) is 0 Å². The minimum atomic E-state index is -0.710. The molecule has 0 saturated heterocycles. The van der Waals surface area contributed by atoms with Crippen LogP contribution in [0.3, 0.4) is 0 Å². The van der Waals surface area contributed by atoms with Crippen LogP contribution in [0.15, 0.2) is 48.5 Å². The van der Waals surface area contributed by atoms with Crippen molar-refractivity contribution < 1.29 is 28.5 Å². The molecule has 0 aliphatic rings. The van der Waals surface area contributed by atoms with Gasteiger partial charge in [-0.1, -0.05) is 38.1 Å². The Balaban J connectivity index is 1.96. The summed E-state index contributed by atoms with van der Waals surface area (Å²) in [6.45, 7) is 15.1. The molecule has 0 aromatic heterocycles. The van der Waals surface area contributed by atoms with Gasteiger partial charge in [-0.25, -0.2) is 9.59 Å². The number of carbonyl (C=O) groups is 2. The Hall–Kier alpha value is -3.02. The van der Waals surface area contributed by atoms with Gasteiger partial charge in [-0.3, -0.25) is 0 Å². The zero-order valence-corrected chi connectivity index (χ0v) is 21.6. The van der Waals surface area contributed by atoms with Crippen molar-refractivity contribution in [3.63, 3.8) is 0 Å². The van der Waals surface area contributed by atoms with Crippen LogP contribution in [0, 0.1) is 0 Å². The third kappa shape index (κ3) is 9.46. The Bertz CT molecular complexity index is 933. The van der Waals surface area contributed by atoms with E-state index in [-0.39, 0.29) is 0 Å². The summed E-state index contributed by atoms with van der Waals surface area (Å²) in [6, 6.07) is 15.1. The highest BCUT2D eigenvalue weighted by Crippen LogP contribution is 2.33. The van der Waals surface area contributed by atoms with Crippen molar-refractivity contribution in [2.45, 2.75) is 91.3 Å². The predicted molar refractivity (Wildman–Crippen MR) is 133 cm³/mol. The molecule has 0 aliphatic carbocycles. The van der Waals surface area contributed by atoms with Gasteiger partial charge in [0.2, 0.25) is 0 Å². The highest BCUT2D eigenvalue weighted by molar-refractivity contribution is 5.64. The Kier molecular flexibility index (Phi) is 9.14. The average Bonchev–Trinajstić information content (AvgIpc) is 2.70. The second kappa shape index (κ2) is 11.4. The second-order valence-electron chi connectivity index (χ2n) is 10.5. The molecule has 2 atom stereocenters. The van der Waals surface area contributed by atoms with Gasteiger partial charge in [0.1, 0.15) is 22.7 Å². The minimum absolute atomic E-state index is 0.304. The molecule has 0 saturated carbocycles. The SMILES string of the molecule is CCC(CC(C)c1ccc(OC(=O)OC(C)(C)C)cc1)c1ccc(OC(=O)OC(C)(C)C)cc1. The molecule has 34 heavy (non-hydrogen) atoms. The summed E-state index contributed by atoms with van der Waals surface area (Å²) in [5, 5.41) is 0. The maximum atomic E-state index is 11.9. The largest absolute Gasteiger partial charge is 0.514 e. The second-order valence-corrected chi connectivity index (χ2v) is 10.5. The van der Waals surface area contributed by atoms with Gasteiger partial charge >= 0.3 is 12.3 Å². The fourth-order valence-electron chi connectivity index (χ4n) is 3.51. The molecule has 186 valence electrons. The van der Waals surface area contributed by atoms with Crippen molar-refractivity contribution >= 4 is 12.3 Å². The topological polar surface area (TPSA) is 71.1 Å². The lowest BCUT2D eigenvalue weighted by Crippen LogP contribution is -2.25. The standard InChI is InChI=1S/C28H38O6/c1-9-20(22-12-16-24(17-13-22)32-26(30)34-28(6,7)8)18-19(2)21-10-14-23(15-11-21)31-25(29)33-27(3,4)5/h10-17,19-20H,9,18H2,1-8H3. The third-order valence-electron chi connectivity index (χ3n) is 5.11. The van der Waals surface area contributed by atoms with Gasteiger partial charge in [0.05, 0.1) is 0 Å². The number of rotatable bonds is 7. The summed E-state index contributed by atoms with van der Waals surface area (Å²) in [5.74, 6) is 1.57. The quantitative estimate of drug-likeness (QED) is 0.301. The smallest absolute Gasteiger partial charge is 0.428 e. The lowest BCUT2D eigenvalue weighted by Gasteiger charge is -2.21. The van der Waals surface area contributed by atoms with Crippen molar-refractivity contribution in [3.05, 3.63) is 59.7 Å². The zero-order valence-electron chi connectivity index (χ0n) is 21.6. The molecule has 0 heterocycles. The van der Waals surface area contributed by atoms with Crippen LogP contribution in [-0.2, 0) is 9.47 Å². The summed E-state index contributed by atoms with van der Waals surface area (Å²) in [5.41, 5.74) is 1.16. The number of ether oxygens (including phenoxy) is 4. The molecule has 6 heteroatoms. The van der Waals surface area contributed by atoms with E-state index in [1.165, 1.54) is 11.1 Å². The van der Waals surface area contributed by atoms with Gasteiger partial charge in [-0.05, 0) is 102 Å². The summed E-state index contributed by atoms with van der Waals surface area (Å²) < 4.78 is 20.9. The first kappa shape index (κ1) is 27.2. The first-order valence-corrected chi connectivity index (χ1v) is 11.8. The van der Waals surface area contributed by atoms with E-state index in [4.69, 9.17) is 18.9 Å². The fourth-order valence-corrected chi connectivity index (χ4v) is 3.51. The molecule has 0 bridgehead atoms. The van der Waals surface area contributed by atoms with E-state index in [0.717, 1.165) is 12.8 Å². The summed E-state index contributed by atoms with van der Waals surface area (Å²) in [4.78, 5) is 23.7. The van der Waals surface area contributed by atoms with Crippen molar-refractivity contribution in [3.8, 4) is 11.5 Å². The van der Waals surface area contributed by atoms with Crippen LogP contribution in [0.4, 0.5) is 9.59 Å². The van der Waals surface area contributed by atoms with Gasteiger partial charge in [-0.2, -0.15) is 0 Å². The van der Waals surface area contributed by atoms with Crippen LogP contribution >= 0.6 is 0 Å². The molecule has 2 unspecified atom stereocenters. The molecule has 0 fully saturated rings. The van der Waals surface area contributed by atoms with E-state index in [1.54, 1.807) is 65.8 Å². The normalized spacial score (nSPS) is 13.5. The van der Waals surface area contributed by atoms with Crippen LogP contribution < -0.4 is 9.47 Å². The summed E-state index contributed by atoms with van der Waals surface area (Å²) >= 11 is 0. The Morgan fingerprint density at radius 3 is 1.44 bits per heavy atom. The molecular weight excluding hydrogens is 432 g/mol. The summed E-state index contributed by atoms with van der Waals surface area (Å²) in [6.07, 6.45) is 0.518. The minimum Gasteiger partial charge on any atom is -0.428 e. The van der Waals surface area contributed by atoms with Crippen LogP contribution in [0.5, 0.6) is 11.5 Å². The molecule has 0 spiro atoms. The van der Waals surface area contributed by atoms with Gasteiger partial charge in [0.15, 0.2) is 0 Å². The Labute approximate surface area is 203 Å². The molecule has 0 radical (unpaired) electrons. The van der Waals surface area contributed by atoms with Gasteiger partial charge in [0.25, 0.3) is 0 Å². The lowest BCUT2D eigenvalue weighted by atomic mass is 9.84. The van der Waals surface area contributed by atoms with Crippen LogP contribution in [0.1, 0.15) is 91.2 Å². The summed E-state index contributed by atoms with van der Waals surface area (Å²) in [7, 11) is 0. The molecule has 2 rings (SSSR count). The van der Waals surface area contributed by atoms with Crippen molar-refractivity contribution in [2.75, 3.05) is 0 Å². The third-order valence-corrected chi connectivity index (χ3v) is 5.11. The molecule has 0 amide bonds. The number of hydrogen-bond acceptors (Lipinski definition) is 6. The van der Waals surface area contributed by atoms with E-state index in [1.807, 2.05) is 24.3 Å². The first-order valence-electron chi connectivity index (χ1n) is 11.8. The lowest BCUT2D eigenvalue weighted by molar-refractivity contribution is 0.0193. The van der Waals surface area contributed by atoms with E-state index < -0.39 is 23.5 Å². The van der Waals surface area contributed by atoms with Crippen molar-refractivity contribution in [1.82, 2.24) is 0 Å². The van der Waals surface area contributed by atoms with Gasteiger partial charge in [-0.15, -0.1) is 0 Å². The fraction of sp³-hybridized carbons (Fsp3) is 0.500. The first-order chi connectivity index (χ1) is 15.8. The van der Waals surface area contributed by atoms with E-state index in [2.05, 4.69) is 13.8 Å². The molecule has 0 aliphatic heterocycles. The molecule has 2 aromatic carbocycles. The maximum absolute atomic E-state index is 11.9.